The largest absolute Gasteiger partial charge is 0.462 e. The molecule has 1 aromatic carbocycles. The van der Waals surface area contributed by atoms with E-state index in [0.29, 0.717) is 24.2 Å². The molecule has 0 saturated heterocycles. The average Bonchev–Trinajstić information content (AvgIpc) is 2.69. The molecule has 1 aliphatic rings. The number of dihydropyridines is 1. The zero-order valence-corrected chi connectivity index (χ0v) is 17.6. The molecular weight excluding hydrogens is 396 g/mol. The van der Waals surface area contributed by atoms with Crippen molar-refractivity contribution in [3.05, 3.63) is 52.4 Å². The van der Waals surface area contributed by atoms with Gasteiger partial charge in [0.1, 0.15) is 5.75 Å². The number of hydrogen-bond donors (Lipinski definition) is 1. The van der Waals surface area contributed by atoms with E-state index < -0.39 is 24.5 Å². The summed E-state index contributed by atoms with van der Waals surface area (Å²) < 4.78 is 41.4. The predicted molar refractivity (Wildman–Crippen MR) is 107 cm³/mol. The van der Waals surface area contributed by atoms with E-state index in [-0.39, 0.29) is 35.7 Å². The van der Waals surface area contributed by atoms with Crippen LogP contribution in [0, 0.1) is 0 Å². The number of carbonyl (C=O) groups is 2. The Labute approximate surface area is 174 Å². The Hall–Kier alpha value is -2.90. The van der Waals surface area contributed by atoms with E-state index in [1.807, 2.05) is 13.8 Å². The maximum absolute atomic E-state index is 13.0. The second-order valence-corrected chi connectivity index (χ2v) is 6.82. The van der Waals surface area contributed by atoms with E-state index in [9.17, 15) is 18.4 Å². The van der Waals surface area contributed by atoms with Gasteiger partial charge in [-0.25, -0.2) is 9.59 Å². The van der Waals surface area contributed by atoms with Crippen molar-refractivity contribution < 1.29 is 32.6 Å². The minimum Gasteiger partial charge on any atom is -0.462 e. The van der Waals surface area contributed by atoms with Gasteiger partial charge in [-0.05, 0) is 32.8 Å². The Kier molecular flexibility index (Phi) is 8.38. The summed E-state index contributed by atoms with van der Waals surface area (Å²) in [4.78, 5) is 25.8. The van der Waals surface area contributed by atoms with Crippen molar-refractivity contribution in [2.75, 3.05) is 13.2 Å². The lowest BCUT2D eigenvalue weighted by molar-refractivity contribution is -0.140. The summed E-state index contributed by atoms with van der Waals surface area (Å²) in [6.45, 7) is 4.37. The van der Waals surface area contributed by atoms with Crippen LogP contribution in [0.1, 0.15) is 52.0 Å². The van der Waals surface area contributed by atoms with Gasteiger partial charge in [0.05, 0.1) is 30.3 Å². The van der Waals surface area contributed by atoms with Crippen molar-refractivity contribution in [2.45, 2.75) is 53.1 Å². The van der Waals surface area contributed by atoms with Crippen molar-refractivity contribution in [3.63, 3.8) is 0 Å². The standard InChI is InChI=1S/C22H27F2NO5/c1-5-11-28-20(26)17-13(3)25-14(4)18(21(27)29-12-6-2)19(17)15-9-7-8-10-16(15)30-22(23)24/h7-10,19,22,25H,5-6,11-12H2,1-4H3. The Morgan fingerprint density at radius 1 is 0.967 bits per heavy atom. The molecule has 0 fully saturated rings. The summed E-state index contributed by atoms with van der Waals surface area (Å²) in [5, 5.41) is 3.02. The molecule has 0 atom stereocenters. The zero-order valence-electron chi connectivity index (χ0n) is 17.6. The zero-order chi connectivity index (χ0) is 22.3. The van der Waals surface area contributed by atoms with Crippen molar-refractivity contribution in [2.24, 2.45) is 0 Å². The molecule has 0 unspecified atom stereocenters. The Bertz CT molecular complexity index is 806. The van der Waals surface area contributed by atoms with Crippen LogP contribution in [0.25, 0.3) is 0 Å². The van der Waals surface area contributed by atoms with E-state index in [4.69, 9.17) is 9.47 Å². The van der Waals surface area contributed by atoms with E-state index >= 15 is 0 Å². The third-order valence-electron chi connectivity index (χ3n) is 4.52. The number of alkyl halides is 2. The summed E-state index contributed by atoms with van der Waals surface area (Å²) >= 11 is 0. The molecule has 0 aromatic heterocycles. The molecule has 1 heterocycles. The van der Waals surface area contributed by atoms with Crippen LogP contribution in [0.4, 0.5) is 8.78 Å². The van der Waals surface area contributed by atoms with Gasteiger partial charge in [0.15, 0.2) is 0 Å². The Morgan fingerprint density at radius 2 is 1.47 bits per heavy atom. The van der Waals surface area contributed by atoms with Gasteiger partial charge in [0.25, 0.3) is 0 Å². The fourth-order valence-electron chi connectivity index (χ4n) is 3.31. The number of ether oxygens (including phenoxy) is 3. The van der Waals surface area contributed by atoms with Crippen molar-refractivity contribution in [1.82, 2.24) is 5.32 Å². The lowest BCUT2D eigenvalue weighted by Crippen LogP contribution is -2.33. The molecule has 0 saturated carbocycles. The minimum atomic E-state index is -3.06. The number of carbonyl (C=O) groups excluding carboxylic acids is 2. The van der Waals surface area contributed by atoms with Crippen LogP contribution in [0.5, 0.6) is 5.75 Å². The number of para-hydroxylation sites is 1. The first-order chi connectivity index (χ1) is 14.3. The molecule has 2 rings (SSSR count). The first kappa shape index (κ1) is 23.4. The Morgan fingerprint density at radius 3 is 1.93 bits per heavy atom. The summed E-state index contributed by atoms with van der Waals surface area (Å²) in [5.41, 5.74) is 1.51. The van der Waals surface area contributed by atoms with Gasteiger partial charge in [0.2, 0.25) is 0 Å². The van der Waals surface area contributed by atoms with Gasteiger partial charge in [-0.1, -0.05) is 32.0 Å². The second-order valence-electron chi connectivity index (χ2n) is 6.82. The maximum Gasteiger partial charge on any atom is 0.387 e. The fourth-order valence-corrected chi connectivity index (χ4v) is 3.31. The van der Waals surface area contributed by atoms with Crippen LogP contribution >= 0.6 is 0 Å². The summed E-state index contributed by atoms with van der Waals surface area (Å²) in [7, 11) is 0. The van der Waals surface area contributed by atoms with Crippen LogP contribution in [0.2, 0.25) is 0 Å². The SMILES string of the molecule is CCCOC(=O)C1=C(C)NC(C)=C(C(=O)OCCC)C1c1ccccc1OC(F)F. The van der Waals surface area contributed by atoms with Crippen LogP contribution < -0.4 is 10.1 Å². The lowest BCUT2D eigenvalue weighted by atomic mass is 9.80. The molecule has 1 N–H and O–H groups in total. The van der Waals surface area contributed by atoms with Gasteiger partial charge in [-0.15, -0.1) is 0 Å². The molecule has 1 aliphatic heterocycles. The molecule has 30 heavy (non-hydrogen) atoms. The molecule has 164 valence electrons. The number of nitrogens with one attached hydrogen (secondary N) is 1. The van der Waals surface area contributed by atoms with Crippen molar-refractivity contribution in [3.8, 4) is 5.75 Å². The number of esters is 2. The molecule has 6 nitrogen and oxygen atoms in total. The van der Waals surface area contributed by atoms with Crippen LogP contribution in [-0.4, -0.2) is 31.8 Å². The molecule has 1 aromatic rings. The van der Waals surface area contributed by atoms with Gasteiger partial charge < -0.3 is 19.5 Å². The molecule has 0 aliphatic carbocycles. The topological polar surface area (TPSA) is 73.9 Å². The quantitative estimate of drug-likeness (QED) is 0.593. The molecule has 0 amide bonds. The van der Waals surface area contributed by atoms with Gasteiger partial charge in [-0.2, -0.15) is 8.78 Å². The van der Waals surface area contributed by atoms with Gasteiger partial charge in [-0.3, -0.25) is 0 Å². The summed E-state index contributed by atoms with van der Waals surface area (Å²) in [6.07, 6.45) is 1.23. The van der Waals surface area contributed by atoms with E-state index in [2.05, 4.69) is 10.1 Å². The van der Waals surface area contributed by atoms with Crippen LogP contribution in [0.15, 0.2) is 46.8 Å². The third kappa shape index (κ3) is 5.37. The van der Waals surface area contributed by atoms with Crippen molar-refractivity contribution in [1.29, 1.82) is 0 Å². The van der Waals surface area contributed by atoms with Crippen molar-refractivity contribution >= 4 is 11.9 Å². The van der Waals surface area contributed by atoms with E-state index in [0.717, 1.165) is 0 Å². The molecular formula is C22H27F2NO5. The highest BCUT2D eigenvalue weighted by molar-refractivity contribution is 6.00. The first-order valence-electron chi connectivity index (χ1n) is 9.88. The monoisotopic (exact) mass is 423 g/mol. The lowest BCUT2D eigenvalue weighted by Gasteiger charge is -2.31. The number of rotatable bonds is 9. The molecule has 0 radical (unpaired) electrons. The van der Waals surface area contributed by atoms with Gasteiger partial charge >= 0.3 is 18.6 Å². The van der Waals surface area contributed by atoms with Crippen LogP contribution in [-0.2, 0) is 19.1 Å². The first-order valence-corrected chi connectivity index (χ1v) is 9.88. The maximum atomic E-state index is 13.0. The highest BCUT2D eigenvalue weighted by Gasteiger charge is 2.39. The van der Waals surface area contributed by atoms with Gasteiger partial charge in [0, 0.05) is 17.0 Å². The smallest absolute Gasteiger partial charge is 0.387 e. The number of allylic oxidation sites excluding steroid dienone is 2. The molecule has 0 spiro atoms. The second kappa shape index (κ2) is 10.8. The Balaban J connectivity index is 2.64. The fraction of sp³-hybridized carbons (Fsp3) is 0.455. The van der Waals surface area contributed by atoms with Crippen LogP contribution in [0.3, 0.4) is 0 Å². The summed E-state index contributed by atoms with van der Waals surface area (Å²) in [5.74, 6) is -2.37. The summed E-state index contributed by atoms with van der Waals surface area (Å²) in [6, 6.07) is 6.09. The normalized spacial score (nSPS) is 14.6. The van der Waals surface area contributed by atoms with E-state index in [1.165, 1.54) is 6.07 Å². The highest BCUT2D eigenvalue weighted by atomic mass is 19.3. The number of halogens is 2. The minimum absolute atomic E-state index is 0.124. The molecule has 8 heteroatoms. The third-order valence-corrected chi connectivity index (χ3v) is 4.52. The highest BCUT2D eigenvalue weighted by Crippen LogP contribution is 2.43. The predicted octanol–water partition coefficient (Wildman–Crippen LogP) is 4.43. The average molecular weight is 423 g/mol. The number of benzene rings is 1. The van der Waals surface area contributed by atoms with E-state index in [1.54, 1.807) is 32.0 Å². The molecule has 0 bridgehead atoms. The number of hydrogen-bond acceptors (Lipinski definition) is 6.